The molecule has 0 aromatic rings. The molecular formula is C27H44. The lowest BCUT2D eigenvalue weighted by Gasteiger charge is -2.44. The van der Waals surface area contributed by atoms with E-state index < -0.39 is 0 Å². The van der Waals surface area contributed by atoms with Gasteiger partial charge in [0, 0.05) is 0 Å². The Labute approximate surface area is 169 Å². The molecule has 2 fully saturated rings. The van der Waals surface area contributed by atoms with Crippen LogP contribution in [0.2, 0.25) is 0 Å². The molecule has 27 heavy (non-hydrogen) atoms. The predicted molar refractivity (Wildman–Crippen MR) is 122 cm³/mol. The number of hydrogen-bond acceptors (Lipinski definition) is 0. The van der Waals surface area contributed by atoms with Gasteiger partial charge in [-0.2, -0.15) is 0 Å². The number of allylic oxidation sites excluding steroid dienone is 7. The molecule has 0 spiro atoms. The fourth-order valence-corrected chi connectivity index (χ4v) is 5.62. The Hall–Kier alpha value is -1.04. The first-order valence-electron chi connectivity index (χ1n) is 11.4. The smallest absolute Gasteiger partial charge is 0.0143 e. The zero-order valence-corrected chi connectivity index (χ0v) is 19.1. The van der Waals surface area contributed by atoms with Crippen LogP contribution in [0.1, 0.15) is 87.0 Å². The molecule has 2 aliphatic carbocycles. The van der Waals surface area contributed by atoms with Crippen LogP contribution in [0.4, 0.5) is 0 Å². The summed E-state index contributed by atoms with van der Waals surface area (Å²) < 4.78 is 0. The molecule has 0 radical (unpaired) electrons. The van der Waals surface area contributed by atoms with Crippen molar-refractivity contribution in [2.45, 2.75) is 87.0 Å². The summed E-state index contributed by atoms with van der Waals surface area (Å²) in [6.45, 7) is 20.6. The fraction of sp³-hybridized carbons (Fsp3) is 0.704. The lowest BCUT2D eigenvalue weighted by atomic mass is 9.61. The van der Waals surface area contributed by atoms with Crippen LogP contribution in [0.5, 0.6) is 0 Å². The molecule has 2 rings (SSSR count). The van der Waals surface area contributed by atoms with Gasteiger partial charge in [-0.15, -0.1) is 0 Å². The van der Waals surface area contributed by atoms with Gasteiger partial charge in [0.15, 0.2) is 0 Å². The highest BCUT2D eigenvalue weighted by Gasteiger charge is 2.50. The maximum Gasteiger partial charge on any atom is -0.0143 e. The van der Waals surface area contributed by atoms with Crippen molar-refractivity contribution in [2.75, 3.05) is 0 Å². The molecule has 0 nitrogen and oxygen atoms in total. The monoisotopic (exact) mass is 368 g/mol. The van der Waals surface area contributed by atoms with E-state index in [0.717, 1.165) is 24.2 Å². The van der Waals surface area contributed by atoms with Crippen LogP contribution < -0.4 is 0 Å². The largest absolute Gasteiger partial charge is 0.0958 e. The first kappa shape index (κ1) is 22.3. The van der Waals surface area contributed by atoms with Gasteiger partial charge in [0.2, 0.25) is 0 Å². The van der Waals surface area contributed by atoms with Crippen molar-refractivity contribution >= 4 is 0 Å². The predicted octanol–water partition coefficient (Wildman–Crippen LogP) is 8.53. The molecule has 0 heterocycles. The van der Waals surface area contributed by atoms with Crippen molar-refractivity contribution in [1.82, 2.24) is 0 Å². The molecule has 0 aromatic heterocycles. The highest BCUT2D eigenvalue weighted by atomic mass is 14.5. The summed E-state index contributed by atoms with van der Waals surface area (Å²) in [6, 6.07) is 0. The van der Waals surface area contributed by atoms with Crippen molar-refractivity contribution < 1.29 is 0 Å². The van der Waals surface area contributed by atoms with Crippen molar-refractivity contribution in [2.24, 2.45) is 35.0 Å². The van der Waals surface area contributed by atoms with Crippen molar-refractivity contribution in [1.29, 1.82) is 0 Å². The molecule has 0 amide bonds. The third kappa shape index (κ3) is 5.07. The lowest BCUT2D eigenvalue weighted by Crippen LogP contribution is -2.35. The zero-order chi connectivity index (χ0) is 20.2. The molecule has 152 valence electrons. The van der Waals surface area contributed by atoms with E-state index in [1.165, 1.54) is 43.3 Å². The molecule has 5 atom stereocenters. The second kappa shape index (κ2) is 9.44. The standard InChI is InChI=1S/C27H44/c1-9-23(20(4)5)14-15-24-11-10-18-27(8)25(16-17-26(24)27)22(7)13-12-21(6)19(2)3/h12-15,19,21-22,25-26H,4,9-11,16-18H2,1-3,5-8H3. The maximum atomic E-state index is 4.15. The Bertz CT molecular complexity index is 600. The average molecular weight is 369 g/mol. The van der Waals surface area contributed by atoms with Crippen LogP contribution in [-0.2, 0) is 0 Å². The van der Waals surface area contributed by atoms with Gasteiger partial charge in [-0.1, -0.05) is 83.6 Å². The van der Waals surface area contributed by atoms with E-state index >= 15 is 0 Å². The maximum absolute atomic E-state index is 4.15. The molecule has 0 heteroatoms. The van der Waals surface area contributed by atoms with Crippen molar-refractivity contribution in [3.05, 3.63) is 47.6 Å². The van der Waals surface area contributed by atoms with E-state index in [9.17, 15) is 0 Å². The quantitative estimate of drug-likeness (QED) is 0.312. The van der Waals surface area contributed by atoms with Gasteiger partial charge in [0.25, 0.3) is 0 Å². The molecule has 2 aliphatic rings. The first-order chi connectivity index (χ1) is 12.7. The highest BCUT2D eigenvalue weighted by molar-refractivity contribution is 5.32. The van der Waals surface area contributed by atoms with Gasteiger partial charge in [-0.05, 0) is 86.0 Å². The normalized spacial score (nSPS) is 32.9. The summed E-state index contributed by atoms with van der Waals surface area (Å²) in [5.41, 5.74) is 4.82. The van der Waals surface area contributed by atoms with Gasteiger partial charge >= 0.3 is 0 Å². The lowest BCUT2D eigenvalue weighted by molar-refractivity contribution is 0.112. The van der Waals surface area contributed by atoms with Crippen LogP contribution in [-0.4, -0.2) is 0 Å². The summed E-state index contributed by atoms with van der Waals surface area (Å²) >= 11 is 0. The molecule has 0 aromatic carbocycles. The summed E-state index contributed by atoms with van der Waals surface area (Å²) in [4.78, 5) is 0. The van der Waals surface area contributed by atoms with Gasteiger partial charge in [0.1, 0.15) is 0 Å². The summed E-state index contributed by atoms with van der Waals surface area (Å²) in [6.07, 6.45) is 17.8. The molecule has 2 saturated carbocycles. The topological polar surface area (TPSA) is 0 Å². The number of hydrogen-bond donors (Lipinski definition) is 0. The van der Waals surface area contributed by atoms with Gasteiger partial charge in [0.05, 0.1) is 0 Å². The SMILES string of the molecule is C=C(C)C(=CC=C1CCCC2(C)C1CCC2C(C)C=CC(C)C(C)C)CC. The molecule has 5 unspecified atom stereocenters. The fourth-order valence-electron chi connectivity index (χ4n) is 5.62. The average Bonchev–Trinajstić information content (AvgIpc) is 2.97. The van der Waals surface area contributed by atoms with E-state index in [1.54, 1.807) is 5.57 Å². The minimum absolute atomic E-state index is 0.484. The van der Waals surface area contributed by atoms with Crippen LogP contribution in [0, 0.1) is 35.0 Å². The summed E-state index contributed by atoms with van der Waals surface area (Å²) in [5, 5.41) is 0. The Morgan fingerprint density at radius 3 is 2.48 bits per heavy atom. The molecular weight excluding hydrogens is 324 g/mol. The second-order valence-corrected chi connectivity index (χ2v) is 10.0. The van der Waals surface area contributed by atoms with Crippen molar-refractivity contribution in [3.8, 4) is 0 Å². The van der Waals surface area contributed by atoms with Gasteiger partial charge < -0.3 is 0 Å². The minimum atomic E-state index is 0.484. The van der Waals surface area contributed by atoms with E-state index in [0.29, 0.717) is 17.3 Å². The van der Waals surface area contributed by atoms with Crippen LogP contribution in [0.25, 0.3) is 0 Å². The van der Waals surface area contributed by atoms with Crippen LogP contribution in [0.15, 0.2) is 47.6 Å². The zero-order valence-electron chi connectivity index (χ0n) is 19.1. The molecule has 0 aliphatic heterocycles. The first-order valence-corrected chi connectivity index (χ1v) is 11.4. The molecule has 0 N–H and O–H groups in total. The van der Waals surface area contributed by atoms with E-state index in [1.807, 2.05) is 0 Å². The molecule has 0 bridgehead atoms. The second-order valence-electron chi connectivity index (χ2n) is 10.0. The van der Waals surface area contributed by atoms with Crippen LogP contribution >= 0.6 is 0 Å². The minimum Gasteiger partial charge on any atom is -0.0958 e. The summed E-state index contributed by atoms with van der Waals surface area (Å²) in [7, 11) is 0. The Kier molecular flexibility index (Phi) is 7.78. The van der Waals surface area contributed by atoms with Gasteiger partial charge in [-0.25, -0.2) is 0 Å². The van der Waals surface area contributed by atoms with E-state index in [-0.39, 0.29) is 0 Å². The Morgan fingerprint density at radius 2 is 1.89 bits per heavy atom. The van der Waals surface area contributed by atoms with E-state index in [2.05, 4.69) is 79.3 Å². The number of rotatable bonds is 7. The Balaban J connectivity index is 2.19. The highest BCUT2D eigenvalue weighted by Crippen LogP contribution is 2.59. The summed E-state index contributed by atoms with van der Waals surface area (Å²) in [5.74, 6) is 3.72. The third-order valence-electron chi connectivity index (χ3n) is 7.87. The van der Waals surface area contributed by atoms with Crippen molar-refractivity contribution in [3.63, 3.8) is 0 Å². The Morgan fingerprint density at radius 1 is 1.19 bits per heavy atom. The van der Waals surface area contributed by atoms with E-state index in [4.69, 9.17) is 0 Å². The number of fused-ring (bicyclic) bond motifs is 1. The molecule has 0 saturated heterocycles. The van der Waals surface area contributed by atoms with Crippen LogP contribution in [0.3, 0.4) is 0 Å². The third-order valence-corrected chi connectivity index (χ3v) is 7.87. The van der Waals surface area contributed by atoms with Gasteiger partial charge in [-0.3, -0.25) is 0 Å².